The number of nitrogens with one attached hydrogen (secondary N) is 2. The van der Waals surface area contributed by atoms with E-state index in [-0.39, 0.29) is 5.54 Å². The van der Waals surface area contributed by atoms with Crippen molar-refractivity contribution >= 4 is 10.0 Å². The standard InChI is InChI=1S/C15H26N2O2S/c1-5-15(6-2,7-3)17-20(18,19)14-11-9-8-10-13(14)12-16-4/h8-11,16-17H,5-7,12H2,1-4H3. The molecule has 1 aromatic rings. The molecule has 4 nitrogen and oxygen atoms in total. The van der Waals surface area contributed by atoms with Crippen LogP contribution in [0.25, 0.3) is 0 Å². The third kappa shape index (κ3) is 3.81. The number of hydrogen-bond acceptors (Lipinski definition) is 3. The van der Waals surface area contributed by atoms with E-state index in [2.05, 4.69) is 10.0 Å². The third-order valence-electron chi connectivity index (χ3n) is 4.01. The highest BCUT2D eigenvalue weighted by molar-refractivity contribution is 7.89. The van der Waals surface area contributed by atoms with E-state index in [9.17, 15) is 8.42 Å². The van der Waals surface area contributed by atoms with Crippen molar-refractivity contribution in [3.63, 3.8) is 0 Å². The maximum atomic E-state index is 12.7. The smallest absolute Gasteiger partial charge is 0.241 e. The Balaban J connectivity index is 3.17. The Morgan fingerprint density at radius 3 is 2.10 bits per heavy atom. The minimum atomic E-state index is -3.50. The van der Waals surface area contributed by atoms with Crippen LogP contribution in [0.2, 0.25) is 0 Å². The summed E-state index contributed by atoms with van der Waals surface area (Å²) >= 11 is 0. The van der Waals surface area contributed by atoms with Crippen LogP contribution in [0.3, 0.4) is 0 Å². The van der Waals surface area contributed by atoms with Crippen molar-refractivity contribution in [2.75, 3.05) is 7.05 Å². The summed E-state index contributed by atoms with van der Waals surface area (Å²) in [5.74, 6) is 0. The van der Waals surface area contributed by atoms with Gasteiger partial charge in [0, 0.05) is 12.1 Å². The van der Waals surface area contributed by atoms with Gasteiger partial charge in [0.05, 0.1) is 4.90 Å². The van der Waals surface area contributed by atoms with E-state index in [1.54, 1.807) is 12.1 Å². The summed E-state index contributed by atoms with van der Waals surface area (Å²) in [7, 11) is -1.69. The van der Waals surface area contributed by atoms with Gasteiger partial charge in [-0.2, -0.15) is 0 Å². The first kappa shape index (κ1) is 17.1. The van der Waals surface area contributed by atoms with E-state index in [4.69, 9.17) is 0 Å². The lowest BCUT2D eigenvalue weighted by Crippen LogP contribution is -2.47. The van der Waals surface area contributed by atoms with Crippen LogP contribution >= 0.6 is 0 Å². The maximum absolute atomic E-state index is 12.7. The van der Waals surface area contributed by atoms with Gasteiger partial charge in [0.25, 0.3) is 0 Å². The van der Waals surface area contributed by atoms with Crippen LogP contribution in [0.1, 0.15) is 45.6 Å². The quantitative estimate of drug-likeness (QED) is 0.775. The zero-order valence-electron chi connectivity index (χ0n) is 12.9. The normalized spacial score (nSPS) is 12.6. The molecule has 0 heterocycles. The fourth-order valence-corrected chi connectivity index (χ4v) is 4.27. The molecule has 0 aliphatic heterocycles. The van der Waals surface area contributed by atoms with E-state index in [0.717, 1.165) is 24.8 Å². The predicted octanol–water partition coefficient (Wildman–Crippen LogP) is 2.65. The molecule has 0 spiro atoms. The van der Waals surface area contributed by atoms with Crippen LogP contribution in [0.4, 0.5) is 0 Å². The highest BCUT2D eigenvalue weighted by Gasteiger charge is 2.31. The van der Waals surface area contributed by atoms with E-state index in [1.807, 2.05) is 40.0 Å². The Hall–Kier alpha value is -0.910. The van der Waals surface area contributed by atoms with Crippen molar-refractivity contribution < 1.29 is 8.42 Å². The second-order valence-electron chi connectivity index (χ2n) is 5.08. The van der Waals surface area contributed by atoms with E-state index in [0.29, 0.717) is 11.4 Å². The molecule has 20 heavy (non-hydrogen) atoms. The van der Waals surface area contributed by atoms with Crippen molar-refractivity contribution in [3.05, 3.63) is 29.8 Å². The predicted molar refractivity (Wildman–Crippen MR) is 83.1 cm³/mol. The van der Waals surface area contributed by atoms with Crippen molar-refractivity contribution in [1.82, 2.24) is 10.0 Å². The summed E-state index contributed by atoms with van der Waals surface area (Å²) in [5.41, 5.74) is 0.436. The van der Waals surface area contributed by atoms with E-state index < -0.39 is 10.0 Å². The second-order valence-corrected chi connectivity index (χ2v) is 6.74. The fourth-order valence-electron chi connectivity index (χ4n) is 2.41. The van der Waals surface area contributed by atoms with Crippen LogP contribution in [-0.2, 0) is 16.6 Å². The maximum Gasteiger partial charge on any atom is 0.241 e. The second kappa shape index (κ2) is 7.20. The molecule has 0 unspecified atom stereocenters. The molecule has 0 aliphatic carbocycles. The first-order chi connectivity index (χ1) is 9.44. The summed E-state index contributed by atoms with van der Waals surface area (Å²) in [6.07, 6.45) is 2.36. The summed E-state index contributed by atoms with van der Waals surface area (Å²) in [5, 5.41) is 3.01. The first-order valence-electron chi connectivity index (χ1n) is 7.21. The van der Waals surface area contributed by atoms with Gasteiger partial charge in [-0.3, -0.25) is 0 Å². The number of hydrogen-bond donors (Lipinski definition) is 2. The molecule has 0 atom stereocenters. The SMILES string of the molecule is CCC(CC)(CC)NS(=O)(=O)c1ccccc1CNC. The monoisotopic (exact) mass is 298 g/mol. The van der Waals surface area contributed by atoms with Gasteiger partial charge in [0.15, 0.2) is 0 Å². The zero-order valence-corrected chi connectivity index (χ0v) is 13.7. The van der Waals surface area contributed by atoms with Crippen LogP contribution in [0.15, 0.2) is 29.2 Å². The lowest BCUT2D eigenvalue weighted by atomic mass is 9.91. The summed E-state index contributed by atoms with van der Waals surface area (Å²) in [6, 6.07) is 7.13. The van der Waals surface area contributed by atoms with Crippen LogP contribution in [0, 0.1) is 0 Å². The Bertz CT molecular complexity index is 514. The molecule has 0 fully saturated rings. The third-order valence-corrected chi connectivity index (χ3v) is 5.69. The van der Waals surface area contributed by atoms with Gasteiger partial charge < -0.3 is 5.32 Å². The number of rotatable bonds is 8. The van der Waals surface area contributed by atoms with Crippen molar-refractivity contribution in [2.45, 2.75) is 57.0 Å². The molecule has 5 heteroatoms. The van der Waals surface area contributed by atoms with Gasteiger partial charge in [0.2, 0.25) is 10.0 Å². The molecular weight excluding hydrogens is 272 g/mol. The largest absolute Gasteiger partial charge is 0.316 e. The Morgan fingerprint density at radius 1 is 1.05 bits per heavy atom. The number of sulfonamides is 1. The summed E-state index contributed by atoms with van der Waals surface area (Å²) in [4.78, 5) is 0.370. The fraction of sp³-hybridized carbons (Fsp3) is 0.600. The topological polar surface area (TPSA) is 58.2 Å². The molecule has 2 N–H and O–H groups in total. The van der Waals surface area contributed by atoms with Crippen LogP contribution in [0.5, 0.6) is 0 Å². The van der Waals surface area contributed by atoms with Crippen LogP contribution in [-0.4, -0.2) is 21.0 Å². The molecule has 0 aromatic heterocycles. The van der Waals surface area contributed by atoms with Crippen LogP contribution < -0.4 is 10.0 Å². The molecule has 0 saturated carbocycles. The van der Waals surface area contributed by atoms with Crippen molar-refractivity contribution in [1.29, 1.82) is 0 Å². The average Bonchev–Trinajstić information content (AvgIpc) is 2.46. The Morgan fingerprint density at radius 2 is 1.60 bits per heavy atom. The van der Waals surface area contributed by atoms with Gasteiger partial charge in [-0.15, -0.1) is 0 Å². The zero-order chi connectivity index (χ0) is 15.2. The van der Waals surface area contributed by atoms with Gasteiger partial charge >= 0.3 is 0 Å². The summed E-state index contributed by atoms with van der Waals surface area (Å²) in [6.45, 7) is 6.60. The first-order valence-corrected chi connectivity index (χ1v) is 8.69. The lowest BCUT2D eigenvalue weighted by molar-refractivity contribution is 0.341. The molecule has 0 aliphatic rings. The average molecular weight is 298 g/mol. The molecule has 0 bridgehead atoms. The molecule has 1 rings (SSSR count). The van der Waals surface area contributed by atoms with Gasteiger partial charge in [-0.1, -0.05) is 39.0 Å². The molecule has 0 amide bonds. The van der Waals surface area contributed by atoms with Gasteiger partial charge in [-0.05, 0) is 37.9 Å². The lowest BCUT2D eigenvalue weighted by Gasteiger charge is -2.31. The minimum Gasteiger partial charge on any atom is -0.316 e. The van der Waals surface area contributed by atoms with E-state index >= 15 is 0 Å². The van der Waals surface area contributed by atoms with E-state index in [1.165, 1.54) is 0 Å². The minimum absolute atomic E-state index is 0.356. The van der Waals surface area contributed by atoms with Gasteiger partial charge in [0.1, 0.15) is 0 Å². The summed E-state index contributed by atoms with van der Waals surface area (Å²) < 4.78 is 28.3. The molecule has 0 saturated heterocycles. The molecule has 114 valence electrons. The number of benzene rings is 1. The highest BCUT2D eigenvalue weighted by atomic mass is 32.2. The molecule has 1 aromatic carbocycles. The molecular formula is C15H26N2O2S. The highest BCUT2D eigenvalue weighted by Crippen LogP contribution is 2.24. The van der Waals surface area contributed by atoms with Gasteiger partial charge in [-0.25, -0.2) is 13.1 Å². The molecule has 0 radical (unpaired) electrons. The Kier molecular flexibility index (Phi) is 6.17. The van der Waals surface area contributed by atoms with Crippen molar-refractivity contribution in [2.24, 2.45) is 0 Å². The van der Waals surface area contributed by atoms with Crippen molar-refractivity contribution in [3.8, 4) is 0 Å². The Labute approximate surface area is 123 Å².